The molecule has 1 N–H and O–H groups in total. The molecule has 0 spiro atoms. The Balaban J connectivity index is 1.37. The topological polar surface area (TPSA) is 88.5 Å². The van der Waals surface area contributed by atoms with Gasteiger partial charge in [0.25, 0.3) is 0 Å². The zero-order chi connectivity index (χ0) is 18.4. The fourth-order valence-electron chi connectivity index (χ4n) is 4.01. The Kier molecular flexibility index (Phi) is 7.10. The third-order valence-corrected chi connectivity index (χ3v) is 5.53. The van der Waals surface area contributed by atoms with Crippen LogP contribution in [0.25, 0.3) is 0 Å². The summed E-state index contributed by atoms with van der Waals surface area (Å²) in [4.78, 5) is 26.0. The average molecular weight is 370 g/mol. The summed E-state index contributed by atoms with van der Waals surface area (Å²) in [7, 11) is 0. The number of amides is 2. The highest BCUT2D eigenvalue weighted by Crippen LogP contribution is 2.29. The number of hydroxylamine groups is 2. The molecule has 2 amide bonds. The van der Waals surface area contributed by atoms with Crippen LogP contribution in [0.15, 0.2) is 0 Å². The van der Waals surface area contributed by atoms with E-state index < -0.39 is 12.3 Å². The molecule has 2 saturated heterocycles. The first kappa shape index (κ1) is 19.4. The van der Waals surface area contributed by atoms with Crippen molar-refractivity contribution in [2.75, 3.05) is 32.9 Å². The third kappa shape index (κ3) is 5.08. The van der Waals surface area contributed by atoms with Crippen molar-refractivity contribution in [3.05, 3.63) is 0 Å². The van der Waals surface area contributed by atoms with Crippen molar-refractivity contribution < 1.29 is 29.0 Å². The molecule has 26 heavy (non-hydrogen) atoms. The minimum absolute atomic E-state index is 0.0384. The van der Waals surface area contributed by atoms with Crippen LogP contribution in [-0.2, 0) is 19.0 Å². The van der Waals surface area contributed by atoms with E-state index in [4.69, 9.17) is 14.2 Å². The second-order valence-corrected chi connectivity index (χ2v) is 7.32. The Morgan fingerprint density at radius 1 is 1.08 bits per heavy atom. The summed E-state index contributed by atoms with van der Waals surface area (Å²) in [6.07, 6.45) is 6.26. The van der Waals surface area contributed by atoms with Crippen LogP contribution < -0.4 is 0 Å². The highest BCUT2D eigenvalue weighted by atomic mass is 16.7. The Bertz CT molecular complexity index is 476. The van der Waals surface area contributed by atoms with Crippen molar-refractivity contribution in [3.63, 3.8) is 0 Å². The largest absolute Gasteiger partial charge is 0.447 e. The van der Waals surface area contributed by atoms with Crippen molar-refractivity contribution in [1.82, 2.24) is 9.96 Å². The molecule has 8 heteroatoms. The van der Waals surface area contributed by atoms with Gasteiger partial charge in [-0.3, -0.25) is 10.0 Å². The van der Waals surface area contributed by atoms with Crippen molar-refractivity contribution >= 4 is 12.0 Å². The maximum absolute atomic E-state index is 12.4. The van der Waals surface area contributed by atoms with E-state index in [0.29, 0.717) is 43.7 Å². The molecule has 8 nitrogen and oxygen atoms in total. The lowest BCUT2D eigenvalue weighted by atomic mass is 9.84. The van der Waals surface area contributed by atoms with Gasteiger partial charge >= 0.3 is 6.09 Å². The van der Waals surface area contributed by atoms with E-state index in [-0.39, 0.29) is 25.0 Å². The van der Waals surface area contributed by atoms with E-state index in [9.17, 15) is 14.8 Å². The lowest BCUT2D eigenvalue weighted by Gasteiger charge is -2.38. The van der Waals surface area contributed by atoms with Crippen LogP contribution in [-0.4, -0.2) is 72.4 Å². The van der Waals surface area contributed by atoms with Gasteiger partial charge in [0.05, 0.1) is 19.1 Å². The van der Waals surface area contributed by atoms with Crippen LogP contribution in [0.1, 0.15) is 51.4 Å². The maximum Gasteiger partial charge on any atom is 0.436 e. The monoisotopic (exact) mass is 370 g/mol. The van der Waals surface area contributed by atoms with Crippen molar-refractivity contribution in [1.29, 1.82) is 0 Å². The van der Waals surface area contributed by atoms with E-state index in [1.165, 1.54) is 32.1 Å². The van der Waals surface area contributed by atoms with Gasteiger partial charge in [-0.05, 0) is 31.6 Å². The minimum atomic E-state index is -0.869. The fraction of sp³-hybridized carbons (Fsp3) is 0.889. The first-order valence-electron chi connectivity index (χ1n) is 9.81. The van der Waals surface area contributed by atoms with E-state index in [0.717, 1.165) is 6.42 Å². The lowest BCUT2D eigenvalue weighted by Crippen LogP contribution is -2.48. The first-order valence-corrected chi connectivity index (χ1v) is 9.81. The molecule has 3 fully saturated rings. The molecule has 0 bridgehead atoms. The van der Waals surface area contributed by atoms with Crippen LogP contribution >= 0.6 is 0 Å². The molecule has 2 aliphatic heterocycles. The summed E-state index contributed by atoms with van der Waals surface area (Å²) < 4.78 is 16.1. The van der Waals surface area contributed by atoms with E-state index in [1.807, 2.05) is 4.90 Å². The third-order valence-electron chi connectivity index (χ3n) is 5.53. The molecule has 0 aromatic rings. The second-order valence-electron chi connectivity index (χ2n) is 7.32. The Morgan fingerprint density at radius 2 is 1.88 bits per heavy atom. The highest BCUT2D eigenvalue weighted by Gasteiger charge is 2.31. The van der Waals surface area contributed by atoms with Crippen LogP contribution in [0.2, 0.25) is 0 Å². The van der Waals surface area contributed by atoms with Gasteiger partial charge < -0.3 is 19.1 Å². The molecule has 1 saturated carbocycles. The van der Waals surface area contributed by atoms with Gasteiger partial charge in [0.1, 0.15) is 6.61 Å². The number of rotatable bonds is 5. The smallest absolute Gasteiger partial charge is 0.436 e. The predicted molar refractivity (Wildman–Crippen MR) is 91.5 cm³/mol. The van der Waals surface area contributed by atoms with Gasteiger partial charge in [-0.25, -0.2) is 4.79 Å². The summed E-state index contributed by atoms with van der Waals surface area (Å²) in [6.45, 7) is 2.24. The number of hydrogen-bond acceptors (Lipinski definition) is 6. The van der Waals surface area contributed by atoms with Crippen LogP contribution in [0.4, 0.5) is 4.79 Å². The van der Waals surface area contributed by atoms with Gasteiger partial charge in [0.15, 0.2) is 6.23 Å². The van der Waals surface area contributed by atoms with Crippen LogP contribution in [0.3, 0.4) is 0 Å². The van der Waals surface area contributed by atoms with Gasteiger partial charge in [0, 0.05) is 19.7 Å². The highest BCUT2D eigenvalue weighted by molar-refractivity contribution is 5.76. The number of carbonyl (C=O) groups excluding carboxylic acids is 2. The summed E-state index contributed by atoms with van der Waals surface area (Å²) >= 11 is 0. The molecule has 2 atom stereocenters. The summed E-state index contributed by atoms with van der Waals surface area (Å²) in [6, 6.07) is 0. The molecule has 1 aliphatic carbocycles. The predicted octanol–water partition coefficient (Wildman–Crippen LogP) is 2.15. The summed E-state index contributed by atoms with van der Waals surface area (Å²) in [5.41, 5.74) is 0. The zero-order valence-electron chi connectivity index (χ0n) is 15.3. The molecule has 148 valence electrons. The second kappa shape index (κ2) is 9.53. The van der Waals surface area contributed by atoms with Crippen molar-refractivity contribution in [3.8, 4) is 0 Å². The van der Waals surface area contributed by atoms with Gasteiger partial charge in [-0.15, -0.1) is 0 Å². The molecule has 0 aromatic heterocycles. The van der Waals surface area contributed by atoms with Crippen LogP contribution in [0, 0.1) is 5.92 Å². The molecule has 2 heterocycles. The SMILES string of the molecule is O=C(CCOC(=O)N(O)C1CCCO1)N1CCOC(C2CCCCC2)C1. The number of carbonyl (C=O) groups is 2. The minimum Gasteiger partial charge on any atom is -0.447 e. The Hall–Kier alpha value is -1.38. The van der Waals surface area contributed by atoms with E-state index in [1.54, 1.807) is 0 Å². The van der Waals surface area contributed by atoms with Gasteiger partial charge in [0.2, 0.25) is 5.91 Å². The molecule has 3 aliphatic rings. The quantitative estimate of drug-likeness (QED) is 0.589. The van der Waals surface area contributed by atoms with Gasteiger partial charge in [-0.1, -0.05) is 19.3 Å². The fourth-order valence-corrected chi connectivity index (χ4v) is 4.01. The van der Waals surface area contributed by atoms with Crippen LogP contribution in [0.5, 0.6) is 0 Å². The summed E-state index contributed by atoms with van der Waals surface area (Å²) in [5.74, 6) is 0.509. The molecule has 0 radical (unpaired) electrons. The number of ether oxygens (including phenoxy) is 3. The van der Waals surface area contributed by atoms with Gasteiger partial charge in [-0.2, -0.15) is 5.06 Å². The molecule has 0 aromatic carbocycles. The molecule has 2 unspecified atom stereocenters. The zero-order valence-corrected chi connectivity index (χ0v) is 15.3. The number of nitrogens with zero attached hydrogens (tertiary/aromatic N) is 2. The van der Waals surface area contributed by atoms with E-state index in [2.05, 4.69) is 0 Å². The Labute approximate surface area is 154 Å². The van der Waals surface area contributed by atoms with Crippen molar-refractivity contribution in [2.24, 2.45) is 5.92 Å². The Morgan fingerprint density at radius 3 is 2.62 bits per heavy atom. The number of morpholine rings is 1. The van der Waals surface area contributed by atoms with E-state index >= 15 is 0 Å². The average Bonchev–Trinajstić information content (AvgIpc) is 3.22. The first-order chi connectivity index (χ1) is 12.6. The standard InChI is InChI=1S/C18H30N2O6/c21-16(8-11-26-18(22)20(23)17-7-4-10-25-17)19-9-12-24-15(13-19)14-5-2-1-3-6-14/h14-15,17,23H,1-13H2. The molecular formula is C18H30N2O6. The summed E-state index contributed by atoms with van der Waals surface area (Å²) in [5, 5.41) is 10.2. The maximum atomic E-state index is 12.4. The normalized spacial score (nSPS) is 27.3. The number of hydrogen-bond donors (Lipinski definition) is 1. The van der Waals surface area contributed by atoms with Crippen molar-refractivity contribution in [2.45, 2.75) is 63.7 Å². The lowest BCUT2D eigenvalue weighted by molar-refractivity contribution is -0.174. The molecular weight excluding hydrogens is 340 g/mol. The molecule has 3 rings (SSSR count).